The van der Waals surface area contributed by atoms with Crippen LogP contribution in [0.15, 0.2) is 23.3 Å². The molecule has 0 N–H and O–H groups in total. The molecule has 22 heavy (non-hydrogen) atoms. The molecule has 0 spiro atoms. The van der Waals surface area contributed by atoms with Crippen LogP contribution < -0.4 is 0 Å². The zero-order valence-corrected chi connectivity index (χ0v) is 12.8. The Kier molecular flexibility index (Phi) is 6.56. The van der Waals surface area contributed by atoms with Crippen molar-refractivity contribution in [3.8, 4) is 0 Å². The molecule has 1 aliphatic carbocycles. The summed E-state index contributed by atoms with van der Waals surface area (Å²) in [6.45, 7) is 4.13. The van der Waals surface area contributed by atoms with Crippen LogP contribution in [0.5, 0.6) is 0 Å². The summed E-state index contributed by atoms with van der Waals surface area (Å²) in [5.41, 5.74) is -2.24. The molecule has 1 rings (SSSR count). The van der Waals surface area contributed by atoms with Crippen molar-refractivity contribution in [1.82, 2.24) is 0 Å². The lowest BCUT2D eigenvalue weighted by Gasteiger charge is -2.18. The van der Waals surface area contributed by atoms with Crippen LogP contribution in [-0.4, -0.2) is 12.4 Å². The number of hydrogen-bond acceptors (Lipinski definition) is 0. The molecule has 0 aromatic rings. The zero-order chi connectivity index (χ0) is 17.0. The van der Waals surface area contributed by atoms with E-state index in [1.807, 2.05) is 0 Å². The lowest BCUT2D eigenvalue weighted by Crippen LogP contribution is -2.16. The Balaban J connectivity index is 2.76. The molecule has 0 aliphatic heterocycles. The second-order valence-corrected chi connectivity index (χ2v) is 6.31. The monoisotopic (exact) mass is 328 g/mol. The first-order valence-electron chi connectivity index (χ1n) is 7.55. The van der Waals surface area contributed by atoms with Crippen LogP contribution in [0.1, 0.15) is 52.4 Å². The summed E-state index contributed by atoms with van der Waals surface area (Å²) in [6, 6.07) is 0. The summed E-state index contributed by atoms with van der Waals surface area (Å²) >= 11 is 0. The summed E-state index contributed by atoms with van der Waals surface area (Å²) < 4.78 is 76.8. The van der Waals surface area contributed by atoms with Crippen molar-refractivity contribution < 1.29 is 26.3 Å². The smallest absolute Gasteiger partial charge is 0.166 e. The molecule has 0 radical (unpaired) electrons. The minimum atomic E-state index is -4.73. The fourth-order valence-corrected chi connectivity index (χ4v) is 2.59. The van der Waals surface area contributed by atoms with Crippen LogP contribution in [0.2, 0.25) is 0 Å². The standard InChI is InChI=1S/C16H22F6/c1-11(2)5-3-4-6-12-7-8-13(15(17,18)19)10-14(9-12)16(20,21)22/h8,10-12H,3-7,9H2,1-2H3. The van der Waals surface area contributed by atoms with Gasteiger partial charge in [-0.1, -0.05) is 39.2 Å². The van der Waals surface area contributed by atoms with Crippen LogP contribution >= 0.6 is 0 Å². The predicted molar refractivity (Wildman–Crippen MR) is 74.3 cm³/mol. The van der Waals surface area contributed by atoms with E-state index in [1.165, 1.54) is 0 Å². The molecule has 1 aliphatic rings. The van der Waals surface area contributed by atoms with Crippen molar-refractivity contribution >= 4 is 0 Å². The third-order valence-corrected chi connectivity index (χ3v) is 3.84. The van der Waals surface area contributed by atoms with Gasteiger partial charge in [0.1, 0.15) is 0 Å². The predicted octanol–water partition coefficient (Wildman–Crippen LogP) is 6.59. The molecular weight excluding hydrogens is 306 g/mol. The molecule has 0 aromatic carbocycles. The van der Waals surface area contributed by atoms with Gasteiger partial charge in [0.2, 0.25) is 0 Å². The van der Waals surface area contributed by atoms with E-state index in [-0.39, 0.29) is 24.8 Å². The van der Waals surface area contributed by atoms with Gasteiger partial charge in [-0.15, -0.1) is 0 Å². The Labute approximate surface area is 127 Å². The first kappa shape index (κ1) is 19.1. The molecule has 0 fully saturated rings. The quantitative estimate of drug-likeness (QED) is 0.394. The average Bonchev–Trinajstić information content (AvgIpc) is 2.56. The number of hydrogen-bond donors (Lipinski definition) is 0. The highest BCUT2D eigenvalue weighted by molar-refractivity contribution is 5.32. The first-order valence-corrected chi connectivity index (χ1v) is 7.55. The van der Waals surface area contributed by atoms with Crippen molar-refractivity contribution in [2.45, 2.75) is 64.7 Å². The molecule has 0 heterocycles. The summed E-state index contributed by atoms with van der Waals surface area (Å²) in [5, 5.41) is 0. The van der Waals surface area contributed by atoms with Crippen LogP contribution in [0.3, 0.4) is 0 Å². The number of halogens is 6. The first-order chi connectivity index (χ1) is 10.00. The topological polar surface area (TPSA) is 0 Å². The maximum atomic E-state index is 12.9. The van der Waals surface area contributed by atoms with Gasteiger partial charge in [-0.3, -0.25) is 0 Å². The van der Waals surface area contributed by atoms with E-state index >= 15 is 0 Å². The normalized spacial score (nSPS) is 20.7. The van der Waals surface area contributed by atoms with E-state index in [2.05, 4.69) is 13.8 Å². The number of rotatable bonds is 5. The lowest BCUT2D eigenvalue weighted by atomic mass is 9.91. The van der Waals surface area contributed by atoms with E-state index in [4.69, 9.17) is 0 Å². The number of allylic oxidation sites excluding steroid dienone is 4. The van der Waals surface area contributed by atoms with Gasteiger partial charge in [-0.05, 0) is 37.2 Å². The van der Waals surface area contributed by atoms with E-state index in [0.29, 0.717) is 12.3 Å². The zero-order valence-electron chi connectivity index (χ0n) is 12.8. The SMILES string of the molecule is CC(C)CCCCC1CC=C(C(F)(F)F)C=C(C(F)(F)F)C1. The molecule has 1 unspecified atom stereocenters. The Morgan fingerprint density at radius 3 is 2.18 bits per heavy atom. The molecule has 0 nitrogen and oxygen atoms in total. The Morgan fingerprint density at radius 1 is 1.05 bits per heavy atom. The van der Waals surface area contributed by atoms with E-state index in [9.17, 15) is 26.3 Å². The maximum absolute atomic E-state index is 12.9. The van der Waals surface area contributed by atoms with Crippen LogP contribution in [-0.2, 0) is 0 Å². The van der Waals surface area contributed by atoms with Crippen molar-refractivity contribution in [3.63, 3.8) is 0 Å². The van der Waals surface area contributed by atoms with Crippen molar-refractivity contribution in [2.24, 2.45) is 11.8 Å². The lowest BCUT2D eigenvalue weighted by molar-refractivity contribution is -0.0977. The van der Waals surface area contributed by atoms with Gasteiger partial charge in [-0.2, -0.15) is 26.3 Å². The molecular formula is C16H22F6. The molecule has 1 atom stereocenters. The molecule has 6 heteroatoms. The van der Waals surface area contributed by atoms with Crippen molar-refractivity contribution in [1.29, 1.82) is 0 Å². The Bertz CT molecular complexity index is 411. The highest BCUT2D eigenvalue weighted by Crippen LogP contribution is 2.40. The maximum Gasteiger partial charge on any atom is 0.416 e. The molecule has 0 aromatic heterocycles. The van der Waals surface area contributed by atoms with Crippen LogP contribution in [0, 0.1) is 11.8 Å². The van der Waals surface area contributed by atoms with E-state index < -0.39 is 23.5 Å². The highest BCUT2D eigenvalue weighted by Gasteiger charge is 2.40. The second kappa shape index (κ2) is 7.55. The van der Waals surface area contributed by atoms with Gasteiger partial charge in [0, 0.05) is 5.57 Å². The van der Waals surface area contributed by atoms with E-state index in [0.717, 1.165) is 25.3 Å². The molecule has 0 amide bonds. The summed E-state index contributed by atoms with van der Waals surface area (Å²) in [7, 11) is 0. The molecule has 128 valence electrons. The molecule has 0 saturated carbocycles. The van der Waals surface area contributed by atoms with Gasteiger partial charge in [-0.25, -0.2) is 0 Å². The summed E-state index contributed by atoms with van der Waals surface area (Å²) in [5.74, 6) is 0.149. The second-order valence-electron chi connectivity index (χ2n) is 6.31. The number of unbranched alkanes of at least 4 members (excludes halogenated alkanes) is 1. The summed E-state index contributed by atoms with van der Waals surface area (Å²) in [6.07, 6.45) is -5.37. The minimum Gasteiger partial charge on any atom is -0.166 e. The minimum absolute atomic E-state index is 0.0482. The fourth-order valence-electron chi connectivity index (χ4n) is 2.59. The highest BCUT2D eigenvalue weighted by atomic mass is 19.4. The van der Waals surface area contributed by atoms with Gasteiger partial charge >= 0.3 is 12.4 Å². The third-order valence-electron chi connectivity index (χ3n) is 3.84. The largest absolute Gasteiger partial charge is 0.416 e. The van der Waals surface area contributed by atoms with Gasteiger partial charge in [0.05, 0.1) is 5.57 Å². The number of alkyl halides is 6. The Morgan fingerprint density at radius 2 is 1.68 bits per heavy atom. The van der Waals surface area contributed by atoms with E-state index in [1.54, 1.807) is 0 Å². The average molecular weight is 328 g/mol. The van der Waals surface area contributed by atoms with Gasteiger partial charge in [0.25, 0.3) is 0 Å². The van der Waals surface area contributed by atoms with Gasteiger partial charge in [0.15, 0.2) is 0 Å². The molecule has 0 saturated heterocycles. The van der Waals surface area contributed by atoms with Gasteiger partial charge < -0.3 is 0 Å². The fraction of sp³-hybridized carbons (Fsp3) is 0.750. The van der Waals surface area contributed by atoms with Crippen LogP contribution in [0.25, 0.3) is 0 Å². The Hall–Kier alpha value is -0.940. The van der Waals surface area contributed by atoms with Crippen molar-refractivity contribution in [3.05, 3.63) is 23.3 Å². The summed E-state index contributed by atoms with van der Waals surface area (Å²) in [4.78, 5) is 0. The molecule has 0 bridgehead atoms. The van der Waals surface area contributed by atoms with Crippen molar-refractivity contribution in [2.75, 3.05) is 0 Å². The third kappa shape index (κ3) is 6.44. The van der Waals surface area contributed by atoms with Crippen LogP contribution in [0.4, 0.5) is 26.3 Å².